The van der Waals surface area contributed by atoms with Crippen LogP contribution in [0.3, 0.4) is 0 Å². The number of hydrogen-bond acceptors (Lipinski definition) is 4. The molecule has 0 aromatic heterocycles. The van der Waals surface area contributed by atoms with E-state index >= 15 is 0 Å². The van der Waals surface area contributed by atoms with Crippen LogP contribution in [-0.2, 0) is 9.84 Å². The quantitative estimate of drug-likeness (QED) is 0.789. The first-order chi connectivity index (χ1) is 12.4. The normalized spacial score (nSPS) is 25.4. The van der Waals surface area contributed by atoms with Gasteiger partial charge in [0.1, 0.15) is 5.82 Å². The Labute approximate surface area is 154 Å². The number of carbonyl (C=O) groups excluding carboxylic acids is 1. The molecule has 2 fully saturated rings. The van der Waals surface area contributed by atoms with Gasteiger partial charge in [-0.05, 0) is 36.4 Å². The lowest BCUT2D eigenvalue weighted by atomic mass is 10.2. The monoisotopic (exact) mass is 390 g/mol. The fourth-order valence-electron chi connectivity index (χ4n) is 3.20. The Balaban J connectivity index is 1.72. The van der Waals surface area contributed by atoms with Gasteiger partial charge in [0.15, 0.2) is 15.0 Å². The van der Waals surface area contributed by atoms with E-state index in [1.54, 1.807) is 41.3 Å². The van der Waals surface area contributed by atoms with Gasteiger partial charge in [-0.15, -0.1) is 0 Å². The van der Waals surface area contributed by atoms with Crippen LogP contribution in [0, 0.1) is 5.82 Å². The Morgan fingerprint density at radius 3 is 2.46 bits per heavy atom. The number of hydrogen-bond donors (Lipinski definition) is 0. The Bertz CT molecular complexity index is 975. The highest BCUT2D eigenvalue weighted by molar-refractivity contribution is 8.16. The summed E-state index contributed by atoms with van der Waals surface area (Å²) in [6.07, 6.45) is 0. The summed E-state index contributed by atoms with van der Waals surface area (Å²) in [6.45, 7) is 0. The van der Waals surface area contributed by atoms with Crippen LogP contribution in [0.2, 0.25) is 0 Å². The van der Waals surface area contributed by atoms with Crippen molar-refractivity contribution in [1.29, 1.82) is 0 Å². The van der Waals surface area contributed by atoms with Crippen LogP contribution in [0.25, 0.3) is 0 Å². The van der Waals surface area contributed by atoms with Crippen molar-refractivity contribution in [2.45, 2.75) is 11.3 Å². The molecular weight excluding hydrogens is 375 g/mol. The Morgan fingerprint density at radius 2 is 1.77 bits per heavy atom. The van der Waals surface area contributed by atoms with E-state index in [2.05, 4.69) is 4.99 Å². The molecule has 1 amide bonds. The predicted octanol–water partition coefficient (Wildman–Crippen LogP) is 2.74. The number of anilines is 1. The number of amidine groups is 1. The maximum atomic E-state index is 13.3. The zero-order valence-corrected chi connectivity index (χ0v) is 15.2. The van der Waals surface area contributed by atoms with E-state index in [0.29, 0.717) is 16.4 Å². The molecule has 0 aliphatic carbocycles. The fourth-order valence-corrected chi connectivity index (χ4v) is 7.11. The number of fused-ring (bicyclic) bond motifs is 1. The molecule has 134 valence electrons. The second kappa shape index (κ2) is 6.51. The van der Waals surface area contributed by atoms with Gasteiger partial charge in [0.25, 0.3) is 5.91 Å². The van der Waals surface area contributed by atoms with Gasteiger partial charge in [0, 0.05) is 16.5 Å². The first-order valence-corrected chi connectivity index (χ1v) is 10.7. The molecule has 2 aliphatic heterocycles. The van der Waals surface area contributed by atoms with Gasteiger partial charge in [-0.25, -0.2) is 12.8 Å². The molecule has 0 saturated carbocycles. The van der Waals surface area contributed by atoms with Crippen molar-refractivity contribution in [3.05, 3.63) is 66.0 Å². The second-order valence-electron chi connectivity index (χ2n) is 6.21. The van der Waals surface area contributed by atoms with Crippen LogP contribution in [0.5, 0.6) is 0 Å². The number of benzene rings is 2. The van der Waals surface area contributed by atoms with Crippen molar-refractivity contribution in [1.82, 2.24) is 0 Å². The van der Waals surface area contributed by atoms with Crippen molar-refractivity contribution in [3.63, 3.8) is 0 Å². The Hall–Kier alpha value is -2.19. The van der Waals surface area contributed by atoms with Crippen LogP contribution in [0.15, 0.2) is 59.6 Å². The van der Waals surface area contributed by atoms with Crippen molar-refractivity contribution < 1.29 is 17.6 Å². The third kappa shape index (κ3) is 3.26. The molecule has 8 heteroatoms. The fraction of sp³-hybridized carbons (Fsp3) is 0.222. The van der Waals surface area contributed by atoms with Crippen LogP contribution in [0.4, 0.5) is 10.1 Å². The summed E-state index contributed by atoms with van der Waals surface area (Å²) < 4.78 is 37.3. The molecule has 2 atom stereocenters. The third-order valence-electron chi connectivity index (χ3n) is 4.39. The SMILES string of the molecule is O=C(N=C1S[C@H]2CS(=O)(=O)C[C@H]2N1c1ccc(F)cc1)c1ccccc1. The summed E-state index contributed by atoms with van der Waals surface area (Å²) in [5, 5.41) is 0.266. The minimum Gasteiger partial charge on any atom is -0.316 e. The summed E-state index contributed by atoms with van der Waals surface area (Å²) in [5.41, 5.74) is 1.09. The highest BCUT2D eigenvalue weighted by Gasteiger charge is 2.49. The molecule has 2 aromatic carbocycles. The molecule has 2 aromatic rings. The van der Waals surface area contributed by atoms with Crippen LogP contribution >= 0.6 is 11.8 Å². The van der Waals surface area contributed by atoms with E-state index in [0.717, 1.165) is 0 Å². The summed E-state index contributed by atoms with van der Waals surface area (Å²) in [7, 11) is -3.14. The molecule has 2 saturated heterocycles. The third-order valence-corrected chi connectivity index (χ3v) is 7.60. The van der Waals surface area contributed by atoms with E-state index < -0.39 is 9.84 Å². The molecule has 0 N–H and O–H groups in total. The Morgan fingerprint density at radius 1 is 1.08 bits per heavy atom. The van der Waals surface area contributed by atoms with E-state index in [1.807, 2.05) is 6.07 Å². The minimum absolute atomic E-state index is 0.000586. The summed E-state index contributed by atoms with van der Waals surface area (Å²) >= 11 is 1.30. The van der Waals surface area contributed by atoms with Crippen molar-refractivity contribution in [3.8, 4) is 0 Å². The summed E-state index contributed by atoms with van der Waals surface area (Å²) in [5.74, 6) is -0.711. The topological polar surface area (TPSA) is 66.8 Å². The lowest BCUT2D eigenvalue weighted by Crippen LogP contribution is -2.37. The molecule has 2 aliphatic rings. The van der Waals surface area contributed by atoms with E-state index in [9.17, 15) is 17.6 Å². The van der Waals surface area contributed by atoms with Crippen molar-refractivity contribution in [2.75, 3.05) is 16.4 Å². The van der Waals surface area contributed by atoms with Crippen LogP contribution in [-0.4, -0.2) is 42.3 Å². The van der Waals surface area contributed by atoms with Gasteiger partial charge in [0.05, 0.1) is 17.5 Å². The molecule has 4 rings (SSSR count). The van der Waals surface area contributed by atoms with Crippen LogP contribution in [0.1, 0.15) is 10.4 Å². The molecule has 26 heavy (non-hydrogen) atoms. The predicted molar refractivity (Wildman–Crippen MR) is 101 cm³/mol. The number of carbonyl (C=O) groups is 1. The lowest BCUT2D eigenvalue weighted by molar-refractivity contribution is 0.100. The zero-order chi connectivity index (χ0) is 18.3. The first kappa shape index (κ1) is 17.2. The number of amides is 1. The molecular formula is C18H15FN2O3S2. The van der Waals surface area contributed by atoms with Gasteiger partial charge in [-0.2, -0.15) is 4.99 Å². The molecule has 0 unspecified atom stereocenters. The highest BCUT2D eigenvalue weighted by Crippen LogP contribution is 2.41. The summed E-state index contributed by atoms with van der Waals surface area (Å²) in [6, 6.07) is 14.2. The lowest BCUT2D eigenvalue weighted by Gasteiger charge is -2.24. The first-order valence-electron chi connectivity index (χ1n) is 8.03. The van der Waals surface area contributed by atoms with Gasteiger partial charge in [-0.1, -0.05) is 30.0 Å². The highest BCUT2D eigenvalue weighted by atomic mass is 32.2. The largest absolute Gasteiger partial charge is 0.316 e. The number of rotatable bonds is 2. The van der Waals surface area contributed by atoms with Gasteiger partial charge < -0.3 is 4.90 Å². The molecule has 2 heterocycles. The van der Waals surface area contributed by atoms with E-state index in [1.165, 1.54) is 23.9 Å². The molecule has 0 radical (unpaired) electrons. The van der Waals surface area contributed by atoms with E-state index in [4.69, 9.17) is 0 Å². The maximum Gasteiger partial charge on any atom is 0.279 e. The number of halogens is 1. The zero-order valence-electron chi connectivity index (χ0n) is 13.6. The Kier molecular flexibility index (Phi) is 4.32. The molecule has 5 nitrogen and oxygen atoms in total. The van der Waals surface area contributed by atoms with Gasteiger partial charge in [0.2, 0.25) is 0 Å². The molecule has 0 spiro atoms. The van der Waals surface area contributed by atoms with Crippen molar-refractivity contribution >= 4 is 38.4 Å². The minimum atomic E-state index is -3.14. The van der Waals surface area contributed by atoms with Crippen molar-refractivity contribution in [2.24, 2.45) is 4.99 Å². The average Bonchev–Trinajstić information content (AvgIpc) is 3.07. The van der Waals surface area contributed by atoms with Gasteiger partial charge >= 0.3 is 0 Å². The number of nitrogens with zero attached hydrogens (tertiary/aromatic N) is 2. The molecule has 0 bridgehead atoms. The number of sulfone groups is 1. The maximum absolute atomic E-state index is 13.3. The number of aliphatic imine (C=N–C) groups is 1. The standard InChI is InChI=1S/C18H15FN2O3S2/c19-13-6-8-14(9-7-13)21-15-10-26(23,24)11-16(15)25-18(21)20-17(22)12-4-2-1-3-5-12/h1-9,15-16H,10-11H2/t15-,16+/m1/s1. The second-order valence-corrected chi connectivity index (χ2v) is 9.57. The summed E-state index contributed by atoms with van der Waals surface area (Å²) in [4.78, 5) is 18.5. The van der Waals surface area contributed by atoms with E-state index in [-0.39, 0.29) is 34.5 Å². The average molecular weight is 390 g/mol. The van der Waals surface area contributed by atoms with Gasteiger partial charge in [-0.3, -0.25) is 4.79 Å². The number of thioether (sulfide) groups is 1. The smallest absolute Gasteiger partial charge is 0.279 e. The van der Waals surface area contributed by atoms with Crippen LogP contribution < -0.4 is 4.90 Å².